The predicted molar refractivity (Wildman–Crippen MR) is 133 cm³/mol. The first-order valence-corrected chi connectivity index (χ1v) is 11.7. The third-order valence-corrected chi connectivity index (χ3v) is 6.44. The molecule has 0 aliphatic carbocycles. The standard InChI is InChI=1S/C28H32FN5/c1-20-14-21(2)26(32-15-20)17-34(13-11-24-16-30-19-33-24)18-27-25(6-5-12-31-27)28(3,4)22-7-9-23(29)10-8-22/h5-10,12,14-16,19H,11,13,17-18H2,1-4H3,(H,30,33). The number of pyridine rings is 2. The van der Waals surface area contributed by atoms with Gasteiger partial charge in [0.15, 0.2) is 0 Å². The lowest BCUT2D eigenvalue weighted by molar-refractivity contribution is 0.251. The van der Waals surface area contributed by atoms with Crippen LogP contribution in [0.15, 0.2) is 67.4 Å². The second-order valence-electron chi connectivity index (χ2n) is 9.43. The predicted octanol–water partition coefficient (Wildman–Crippen LogP) is 5.53. The molecule has 3 heterocycles. The van der Waals surface area contributed by atoms with Gasteiger partial charge >= 0.3 is 0 Å². The summed E-state index contributed by atoms with van der Waals surface area (Å²) in [4.78, 5) is 19.3. The maximum absolute atomic E-state index is 13.6. The molecular weight excluding hydrogens is 425 g/mol. The van der Waals surface area contributed by atoms with Crippen molar-refractivity contribution >= 4 is 0 Å². The van der Waals surface area contributed by atoms with Gasteiger partial charge in [-0.15, -0.1) is 0 Å². The molecule has 0 amide bonds. The number of nitrogens with one attached hydrogen (secondary N) is 1. The molecule has 1 N–H and O–H groups in total. The van der Waals surface area contributed by atoms with Gasteiger partial charge in [-0.2, -0.15) is 0 Å². The molecule has 0 bridgehead atoms. The third-order valence-electron chi connectivity index (χ3n) is 6.44. The quantitative estimate of drug-likeness (QED) is 0.359. The van der Waals surface area contributed by atoms with E-state index in [9.17, 15) is 4.39 Å². The fraction of sp³-hybridized carbons (Fsp3) is 0.321. The molecule has 0 saturated carbocycles. The fourth-order valence-corrected chi connectivity index (χ4v) is 4.40. The summed E-state index contributed by atoms with van der Waals surface area (Å²) >= 11 is 0. The number of aromatic nitrogens is 4. The van der Waals surface area contributed by atoms with E-state index in [1.807, 2.05) is 36.8 Å². The lowest BCUT2D eigenvalue weighted by Crippen LogP contribution is -2.29. The minimum Gasteiger partial charge on any atom is -0.351 e. The molecule has 0 saturated heterocycles. The Morgan fingerprint density at radius 1 is 0.971 bits per heavy atom. The fourth-order valence-electron chi connectivity index (χ4n) is 4.40. The van der Waals surface area contributed by atoms with Crippen LogP contribution in [0.25, 0.3) is 0 Å². The van der Waals surface area contributed by atoms with Gasteiger partial charge in [0.1, 0.15) is 5.82 Å². The number of halogens is 1. The van der Waals surface area contributed by atoms with Gasteiger partial charge in [-0.05, 0) is 54.3 Å². The molecule has 176 valence electrons. The molecule has 0 aliphatic heterocycles. The van der Waals surface area contributed by atoms with E-state index in [1.165, 1.54) is 17.7 Å². The number of aromatic amines is 1. The van der Waals surface area contributed by atoms with Gasteiger partial charge < -0.3 is 4.98 Å². The zero-order valence-electron chi connectivity index (χ0n) is 20.3. The Morgan fingerprint density at radius 3 is 2.44 bits per heavy atom. The normalized spacial score (nSPS) is 11.8. The van der Waals surface area contributed by atoms with Gasteiger partial charge in [-0.1, -0.05) is 38.1 Å². The summed E-state index contributed by atoms with van der Waals surface area (Å²) in [6.07, 6.45) is 8.27. The van der Waals surface area contributed by atoms with Crippen molar-refractivity contribution in [2.75, 3.05) is 6.54 Å². The Morgan fingerprint density at radius 2 is 1.74 bits per heavy atom. The molecule has 3 aromatic heterocycles. The van der Waals surface area contributed by atoms with Crippen LogP contribution in [-0.2, 0) is 24.9 Å². The summed E-state index contributed by atoms with van der Waals surface area (Å²) in [5.74, 6) is -0.225. The smallest absolute Gasteiger partial charge is 0.123 e. The number of hydrogen-bond donors (Lipinski definition) is 1. The van der Waals surface area contributed by atoms with Crippen molar-refractivity contribution in [3.63, 3.8) is 0 Å². The van der Waals surface area contributed by atoms with Crippen LogP contribution in [0.1, 0.15) is 53.2 Å². The first kappa shape index (κ1) is 23.8. The minimum atomic E-state index is -0.316. The van der Waals surface area contributed by atoms with E-state index in [4.69, 9.17) is 9.97 Å². The molecule has 0 radical (unpaired) electrons. The van der Waals surface area contributed by atoms with Crippen molar-refractivity contribution in [3.8, 4) is 0 Å². The monoisotopic (exact) mass is 457 g/mol. The lowest BCUT2D eigenvalue weighted by atomic mass is 9.77. The van der Waals surface area contributed by atoms with Crippen molar-refractivity contribution < 1.29 is 4.39 Å². The summed E-state index contributed by atoms with van der Waals surface area (Å²) < 4.78 is 13.6. The van der Waals surface area contributed by atoms with Gasteiger partial charge in [0.2, 0.25) is 0 Å². The molecule has 5 nitrogen and oxygen atoms in total. The van der Waals surface area contributed by atoms with Crippen LogP contribution in [0, 0.1) is 19.7 Å². The zero-order chi connectivity index (χ0) is 24.1. The lowest BCUT2D eigenvalue weighted by Gasteiger charge is -2.30. The maximum atomic E-state index is 13.6. The van der Waals surface area contributed by atoms with Gasteiger partial charge in [-0.25, -0.2) is 9.37 Å². The Hall–Kier alpha value is -3.38. The molecule has 0 aliphatic rings. The molecule has 4 aromatic rings. The van der Waals surface area contributed by atoms with Gasteiger partial charge in [0, 0.05) is 50.1 Å². The molecule has 0 atom stereocenters. The van der Waals surface area contributed by atoms with Crippen LogP contribution in [0.4, 0.5) is 4.39 Å². The Labute approximate surface area is 201 Å². The van der Waals surface area contributed by atoms with Crippen molar-refractivity contribution in [2.24, 2.45) is 0 Å². The highest BCUT2D eigenvalue weighted by molar-refractivity contribution is 5.39. The van der Waals surface area contributed by atoms with E-state index >= 15 is 0 Å². The first-order chi connectivity index (χ1) is 16.3. The van der Waals surface area contributed by atoms with Crippen LogP contribution in [0.3, 0.4) is 0 Å². The Bertz CT molecular complexity index is 1220. The van der Waals surface area contributed by atoms with Crippen molar-refractivity contribution in [3.05, 3.63) is 113 Å². The van der Waals surface area contributed by atoms with Crippen LogP contribution in [0.2, 0.25) is 0 Å². The van der Waals surface area contributed by atoms with Crippen LogP contribution in [-0.4, -0.2) is 31.4 Å². The van der Waals surface area contributed by atoms with Crippen molar-refractivity contribution in [1.29, 1.82) is 0 Å². The molecule has 1 aromatic carbocycles. The highest BCUT2D eigenvalue weighted by Crippen LogP contribution is 2.33. The number of H-pyrrole nitrogens is 1. The summed E-state index contributed by atoms with van der Waals surface area (Å²) in [7, 11) is 0. The molecular formula is C28H32FN5. The van der Waals surface area contributed by atoms with Crippen LogP contribution >= 0.6 is 0 Å². The Kier molecular flexibility index (Phi) is 7.17. The number of aryl methyl sites for hydroxylation is 2. The summed E-state index contributed by atoms with van der Waals surface area (Å²) in [5, 5.41) is 0. The number of benzene rings is 1. The summed E-state index contributed by atoms with van der Waals surface area (Å²) in [6.45, 7) is 10.7. The summed E-state index contributed by atoms with van der Waals surface area (Å²) in [6, 6.07) is 13.1. The Balaban J connectivity index is 1.63. The molecule has 0 unspecified atom stereocenters. The van der Waals surface area contributed by atoms with E-state index in [0.717, 1.165) is 53.3 Å². The van der Waals surface area contributed by atoms with E-state index in [0.29, 0.717) is 6.54 Å². The first-order valence-electron chi connectivity index (χ1n) is 11.7. The number of hydrogen-bond acceptors (Lipinski definition) is 4. The molecule has 0 fully saturated rings. The molecule has 6 heteroatoms. The van der Waals surface area contributed by atoms with Crippen LogP contribution < -0.4 is 0 Å². The topological polar surface area (TPSA) is 57.7 Å². The third kappa shape index (κ3) is 5.57. The number of rotatable bonds is 9. The molecule has 0 spiro atoms. The second kappa shape index (κ2) is 10.3. The number of imidazole rings is 1. The minimum absolute atomic E-state index is 0.225. The zero-order valence-corrected chi connectivity index (χ0v) is 20.3. The van der Waals surface area contributed by atoms with E-state index in [-0.39, 0.29) is 11.2 Å². The number of nitrogens with zero attached hydrogens (tertiary/aromatic N) is 4. The average molecular weight is 458 g/mol. The second-order valence-corrected chi connectivity index (χ2v) is 9.43. The highest BCUT2D eigenvalue weighted by Gasteiger charge is 2.27. The highest BCUT2D eigenvalue weighted by atomic mass is 19.1. The summed E-state index contributed by atoms with van der Waals surface area (Å²) in [5.41, 5.74) is 7.36. The largest absolute Gasteiger partial charge is 0.351 e. The van der Waals surface area contributed by atoms with Crippen LogP contribution in [0.5, 0.6) is 0 Å². The average Bonchev–Trinajstić information content (AvgIpc) is 3.33. The van der Waals surface area contributed by atoms with E-state index < -0.39 is 0 Å². The van der Waals surface area contributed by atoms with Gasteiger partial charge in [0.05, 0.1) is 23.4 Å². The van der Waals surface area contributed by atoms with Crippen molar-refractivity contribution in [1.82, 2.24) is 24.8 Å². The SMILES string of the molecule is Cc1cnc(CN(CCc2c[nH]cn2)Cc2ncccc2C(C)(C)c2ccc(F)cc2)c(C)c1. The van der Waals surface area contributed by atoms with Gasteiger partial charge in [0.25, 0.3) is 0 Å². The maximum Gasteiger partial charge on any atom is 0.123 e. The molecule has 34 heavy (non-hydrogen) atoms. The van der Waals surface area contributed by atoms with Crippen molar-refractivity contribution in [2.45, 2.75) is 52.6 Å². The molecule has 4 rings (SSSR count). The van der Waals surface area contributed by atoms with E-state index in [2.05, 4.69) is 54.7 Å². The van der Waals surface area contributed by atoms with E-state index in [1.54, 1.807) is 6.33 Å². The van der Waals surface area contributed by atoms with Gasteiger partial charge in [-0.3, -0.25) is 14.9 Å².